The van der Waals surface area contributed by atoms with E-state index < -0.39 is 0 Å². The Labute approximate surface area is 94.3 Å². The average Bonchev–Trinajstić information content (AvgIpc) is 2.76. The first kappa shape index (κ1) is 12.2. The molecule has 1 N–H and O–H groups in total. The van der Waals surface area contributed by atoms with E-state index in [9.17, 15) is 4.79 Å². The molecule has 3 nitrogen and oxygen atoms in total. The minimum absolute atomic E-state index is 0.0917. The number of hydrogen-bond acceptors (Lipinski definition) is 3. The van der Waals surface area contributed by atoms with Gasteiger partial charge in [-0.2, -0.15) is 0 Å². The van der Waals surface area contributed by atoms with Crippen LogP contribution in [0.5, 0.6) is 0 Å². The maximum absolute atomic E-state index is 11.8. The van der Waals surface area contributed by atoms with Gasteiger partial charge in [0.25, 0.3) is 5.91 Å². The number of aliphatic hydroxyl groups excluding tert-OH is 1. The van der Waals surface area contributed by atoms with Crippen LogP contribution in [0.4, 0.5) is 0 Å². The fraction of sp³-hybridized carbons (Fsp3) is 0.545. The van der Waals surface area contributed by atoms with Gasteiger partial charge in [0.15, 0.2) is 0 Å². The van der Waals surface area contributed by atoms with Crippen molar-refractivity contribution >= 4 is 17.2 Å². The number of hydrogen-bond donors (Lipinski definition) is 1. The molecule has 1 heterocycles. The molecule has 0 spiro atoms. The molecule has 1 amide bonds. The summed E-state index contributed by atoms with van der Waals surface area (Å²) in [5.41, 5.74) is 0. The molecule has 0 unspecified atom stereocenters. The predicted molar refractivity (Wildman–Crippen MR) is 62.2 cm³/mol. The van der Waals surface area contributed by atoms with E-state index in [-0.39, 0.29) is 12.5 Å². The lowest BCUT2D eigenvalue weighted by Crippen LogP contribution is -2.26. The molecule has 4 heteroatoms. The van der Waals surface area contributed by atoms with Crippen molar-refractivity contribution in [1.29, 1.82) is 0 Å². The van der Waals surface area contributed by atoms with Crippen molar-refractivity contribution in [2.24, 2.45) is 0 Å². The molecule has 0 aliphatic carbocycles. The molecule has 0 saturated carbocycles. The standard InChI is InChI=1S/C11H17NO2S/c1-12(7-3-2-4-8-13)11(14)10-6-5-9-15-10/h5-6,9,13H,2-4,7-8H2,1H3. The van der Waals surface area contributed by atoms with E-state index in [4.69, 9.17) is 5.11 Å². The molecule has 1 aromatic rings. The molecular weight excluding hydrogens is 210 g/mol. The quantitative estimate of drug-likeness (QED) is 0.755. The zero-order chi connectivity index (χ0) is 11.1. The Kier molecular flexibility index (Phi) is 5.36. The second-order valence-corrected chi connectivity index (χ2v) is 4.44. The van der Waals surface area contributed by atoms with Gasteiger partial charge >= 0.3 is 0 Å². The summed E-state index contributed by atoms with van der Waals surface area (Å²) in [4.78, 5) is 14.3. The van der Waals surface area contributed by atoms with E-state index in [0.717, 1.165) is 30.7 Å². The molecule has 0 radical (unpaired) electrons. The lowest BCUT2D eigenvalue weighted by Gasteiger charge is -2.15. The van der Waals surface area contributed by atoms with Crippen molar-refractivity contribution in [2.75, 3.05) is 20.2 Å². The lowest BCUT2D eigenvalue weighted by molar-refractivity contribution is 0.0797. The average molecular weight is 227 g/mol. The van der Waals surface area contributed by atoms with Crippen LogP contribution >= 0.6 is 11.3 Å². The van der Waals surface area contributed by atoms with Gasteiger partial charge in [-0.3, -0.25) is 4.79 Å². The first-order chi connectivity index (χ1) is 7.25. The summed E-state index contributed by atoms with van der Waals surface area (Å²) in [6.45, 7) is 0.999. The Morgan fingerprint density at radius 3 is 2.87 bits per heavy atom. The van der Waals surface area contributed by atoms with Gasteiger partial charge in [-0.15, -0.1) is 11.3 Å². The van der Waals surface area contributed by atoms with Crippen molar-refractivity contribution in [3.8, 4) is 0 Å². The minimum atomic E-state index is 0.0917. The third-order valence-corrected chi connectivity index (χ3v) is 3.09. The summed E-state index contributed by atoms with van der Waals surface area (Å²) in [6, 6.07) is 3.73. The summed E-state index contributed by atoms with van der Waals surface area (Å²) in [5.74, 6) is 0.0917. The van der Waals surface area contributed by atoms with E-state index in [2.05, 4.69) is 0 Å². The van der Waals surface area contributed by atoms with Crippen molar-refractivity contribution in [3.63, 3.8) is 0 Å². The summed E-state index contributed by atoms with van der Waals surface area (Å²) >= 11 is 1.47. The number of thiophene rings is 1. The van der Waals surface area contributed by atoms with Gasteiger partial charge in [-0.1, -0.05) is 6.07 Å². The van der Waals surface area contributed by atoms with Crippen LogP contribution in [0.1, 0.15) is 28.9 Å². The fourth-order valence-corrected chi connectivity index (χ4v) is 2.04. The Morgan fingerprint density at radius 1 is 1.47 bits per heavy atom. The van der Waals surface area contributed by atoms with Crippen molar-refractivity contribution in [3.05, 3.63) is 22.4 Å². The highest BCUT2D eigenvalue weighted by atomic mass is 32.1. The highest BCUT2D eigenvalue weighted by Gasteiger charge is 2.11. The van der Waals surface area contributed by atoms with Crippen LogP contribution in [0.3, 0.4) is 0 Å². The smallest absolute Gasteiger partial charge is 0.263 e. The third kappa shape index (κ3) is 4.01. The zero-order valence-corrected chi connectivity index (χ0v) is 9.80. The van der Waals surface area contributed by atoms with Gasteiger partial charge in [0.05, 0.1) is 4.88 Å². The monoisotopic (exact) mass is 227 g/mol. The van der Waals surface area contributed by atoms with Gasteiger partial charge in [-0.05, 0) is 30.7 Å². The van der Waals surface area contributed by atoms with Crippen LogP contribution in [0.25, 0.3) is 0 Å². The number of rotatable bonds is 6. The van der Waals surface area contributed by atoms with E-state index in [0.29, 0.717) is 0 Å². The number of carbonyl (C=O) groups is 1. The first-order valence-corrected chi connectivity index (χ1v) is 6.03. The summed E-state index contributed by atoms with van der Waals surface area (Å²) in [6.07, 6.45) is 2.74. The van der Waals surface area contributed by atoms with Gasteiger partial charge in [0.2, 0.25) is 0 Å². The Hall–Kier alpha value is -0.870. The normalized spacial score (nSPS) is 10.3. The summed E-state index contributed by atoms with van der Waals surface area (Å²) in [7, 11) is 1.82. The predicted octanol–water partition coefficient (Wildman–Crippen LogP) is 1.98. The van der Waals surface area contributed by atoms with Crippen LogP contribution in [0.2, 0.25) is 0 Å². The van der Waals surface area contributed by atoms with Crippen LogP contribution < -0.4 is 0 Å². The first-order valence-electron chi connectivity index (χ1n) is 5.15. The zero-order valence-electron chi connectivity index (χ0n) is 8.98. The van der Waals surface area contributed by atoms with E-state index >= 15 is 0 Å². The van der Waals surface area contributed by atoms with Gasteiger partial charge in [-0.25, -0.2) is 0 Å². The van der Waals surface area contributed by atoms with Crippen LogP contribution in [-0.4, -0.2) is 36.1 Å². The number of nitrogens with zero attached hydrogens (tertiary/aromatic N) is 1. The maximum Gasteiger partial charge on any atom is 0.263 e. The number of aliphatic hydroxyl groups is 1. The topological polar surface area (TPSA) is 40.5 Å². The van der Waals surface area contributed by atoms with E-state index in [1.54, 1.807) is 4.90 Å². The van der Waals surface area contributed by atoms with Crippen LogP contribution in [0.15, 0.2) is 17.5 Å². The lowest BCUT2D eigenvalue weighted by atomic mass is 10.2. The molecule has 1 rings (SSSR count). The Bertz CT molecular complexity index is 285. The molecule has 0 aliphatic heterocycles. The molecule has 0 aromatic carbocycles. The van der Waals surface area contributed by atoms with Crippen molar-refractivity contribution < 1.29 is 9.90 Å². The van der Waals surface area contributed by atoms with Crippen molar-refractivity contribution in [2.45, 2.75) is 19.3 Å². The molecule has 15 heavy (non-hydrogen) atoms. The van der Waals surface area contributed by atoms with Crippen LogP contribution in [0, 0.1) is 0 Å². The largest absolute Gasteiger partial charge is 0.396 e. The highest BCUT2D eigenvalue weighted by molar-refractivity contribution is 7.12. The molecule has 0 bridgehead atoms. The molecule has 0 saturated heterocycles. The molecular formula is C11H17NO2S. The van der Waals surface area contributed by atoms with Gasteiger partial charge < -0.3 is 10.0 Å². The van der Waals surface area contributed by atoms with Crippen LogP contribution in [-0.2, 0) is 0 Å². The number of unbranched alkanes of at least 4 members (excludes halogenated alkanes) is 2. The number of amides is 1. The Morgan fingerprint density at radius 2 is 2.27 bits per heavy atom. The molecule has 0 atom stereocenters. The maximum atomic E-state index is 11.8. The second kappa shape index (κ2) is 6.58. The molecule has 0 fully saturated rings. The molecule has 1 aromatic heterocycles. The van der Waals surface area contributed by atoms with E-state index in [1.165, 1.54) is 11.3 Å². The second-order valence-electron chi connectivity index (χ2n) is 3.49. The Balaban J connectivity index is 2.28. The number of carbonyl (C=O) groups excluding carboxylic acids is 1. The van der Waals surface area contributed by atoms with E-state index in [1.807, 2.05) is 24.6 Å². The molecule has 0 aliphatic rings. The SMILES string of the molecule is CN(CCCCCO)C(=O)c1cccs1. The summed E-state index contributed by atoms with van der Waals surface area (Å²) < 4.78 is 0. The minimum Gasteiger partial charge on any atom is -0.396 e. The highest BCUT2D eigenvalue weighted by Crippen LogP contribution is 2.11. The molecule has 84 valence electrons. The van der Waals surface area contributed by atoms with Crippen molar-refractivity contribution in [1.82, 2.24) is 4.90 Å². The third-order valence-electron chi connectivity index (χ3n) is 2.23. The van der Waals surface area contributed by atoms with Gasteiger partial charge in [0, 0.05) is 20.2 Å². The summed E-state index contributed by atoms with van der Waals surface area (Å²) in [5, 5.41) is 10.5. The fourth-order valence-electron chi connectivity index (χ4n) is 1.33. The van der Waals surface area contributed by atoms with Gasteiger partial charge in [0.1, 0.15) is 0 Å².